The van der Waals surface area contributed by atoms with Gasteiger partial charge < -0.3 is 43.3 Å². The fourth-order valence-corrected chi connectivity index (χ4v) is 8.36. The molecule has 1 saturated carbocycles. The summed E-state index contributed by atoms with van der Waals surface area (Å²) in [4.78, 5) is 29.2. The Morgan fingerprint density at radius 1 is 0.567 bits per heavy atom. The summed E-state index contributed by atoms with van der Waals surface area (Å²) in [6.45, 7) is 20.5. The minimum Gasteiger partial charge on any atom is -0.512 e. The molecule has 1 aliphatic heterocycles. The molecule has 11 nitrogen and oxygen atoms in total. The van der Waals surface area contributed by atoms with Gasteiger partial charge in [0.1, 0.15) is 6.10 Å². The highest BCUT2D eigenvalue weighted by Crippen LogP contribution is 2.32. The Hall–Kier alpha value is -1.92. The van der Waals surface area contributed by atoms with Gasteiger partial charge in [-0.2, -0.15) is 0 Å². The molecule has 0 aromatic heterocycles. The number of allylic oxidation sites excluding steroid dienone is 2. The summed E-state index contributed by atoms with van der Waals surface area (Å²) >= 11 is 0. The fraction of sp³-hybridized carbons (Fsp3) is 0.929. The monoisotopic (exact) mass is 953 g/mol. The fourth-order valence-electron chi connectivity index (χ4n) is 8.36. The van der Waals surface area contributed by atoms with Gasteiger partial charge in [0.2, 0.25) is 0 Å². The maximum atomic E-state index is 12.7. The molecule has 1 aliphatic carbocycles. The molecule has 1 atom stereocenters. The molecular formula is C56H108N2O9. The number of hydrogen-bond acceptors (Lipinski definition) is 10. The molecule has 396 valence electrons. The normalized spacial score (nSPS) is 14.8. The number of amides is 1. The van der Waals surface area contributed by atoms with Gasteiger partial charge in [-0.05, 0) is 76.5 Å². The summed E-state index contributed by atoms with van der Waals surface area (Å²) in [6, 6.07) is 0. The predicted molar refractivity (Wildman–Crippen MR) is 277 cm³/mol. The van der Waals surface area contributed by atoms with Gasteiger partial charge in [0.15, 0.2) is 12.6 Å². The van der Waals surface area contributed by atoms with Crippen LogP contribution in [0.1, 0.15) is 253 Å². The van der Waals surface area contributed by atoms with E-state index < -0.39 is 0 Å². The van der Waals surface area contributed by atoms with E-state index in [0.29, 0.717) is 51.5 Å². The second kappa shape index (κ2) is 46.5. The number of aliphatic hydroxyl groups is 1. The lowest BCUT2D eigenvalue weighted by molar-refractivity contribution is -0.163. The van der Waals surface area contributed by atoms with Crippen molar-refractivity contribution in [1.29, 1.82) is 0 Å². The third-order valence-corrected chi connectivity index (χ3v) is 13.0. The van der Waals surface area contributed by atoms with Crippen LogP contribution in [0.4, 0.5) is 4.79 Å². The van der Waals surface area contributed by atoms with Gasteiger partial charge in [-0.3, -0.25) is 4.79 Å². The largest absolute Gasteiger partial charge is 0.512 e. The van der Waals surface area contributed by atoms with E-state index in [0.717, 1.165) is 97.1 Å². The summed E-state index contributed by atoms with van der Waals surface area (Å²) in [5.74, 6) is 0.335. The number of esters is 1. The first-order chi connectivity index (χ1) is 32.8. The number of nitrogens with zero attached hydrogens (tertiary/aromatic N) is 2. The maximum Gasteiger partial charge on any atom is 0.409 e. The van der Waals surface area contributed by atoms with Gasteiger partial charge in [-0.15, -0.1) is 0 Å². The molecule has 1 N–H and O–H groups in total. The zero-order chi connectivity index (χ0) is 48.8. The van der Waals surface area contributed by atoms with Crippen LogP contribution in [0.3, 0.4) is 0 Å². The van der Waals surface area contributed by atoms with Crippen molar-refractivity contribution in [2.75, 3.05) is 65.8 Å². The van der Waals surface area contributed by atoms with Crippen LogP contribution in [-0.2, 0) is 33.2 Å². The minimum atomic E-state index is -0.372. The van der Waals surface area contributed by atoms with Crippen LogP contribution >= 0.6 is 0 Å². The van der Waals surface area contributed by atoms with Crippen molar-refractivity contribution in [3.8, 4) is 0 Å². The van der Waals surface area contributed by atoms with E-state index in [1.165, 1.54) is 134 Å². The quantitative estimate of drug-likeness (QED) is 0.0274. The van der Waals surface area contributed by atoms with E-state index in [9.17, 15) is 14.7 Å². The van der Waals surface area contributed by atoms with E-state index in [1.54, 1.807) is 4.90 Å². The van der Waals surface area contributed by atoms with Crippen LogP contribution in [0.5, 0.6) is 0 Å². The second-order valence-corrected chi connectivity index (χ2v) is 19.2. The lowest BCUT2D eigenvalue weighted by Crippen LogP contribution is -2.44. The molecule has 1 saturated heterocycles. The average Bonchev–Trinajstić information content (AvgIpc) is 4.20. The van der Waals surface area contributed by atoms with E-state index in [-0.39, 0.29) is 37.2 Å². The number of hydrogen-bond donors (Lipinski definition) is 1. The molecule has 0 radical (unpaired) electrons. The first kappa shape index (κ1) is 63.1. The molecule has 0 spiro atoms. The SMILES string of the molecule is CCCCCCCCOC(CCC(=O)OC1CCCN(C(=O)OCCCN(CC)CC)C1)OCCCCCCCC.CCCCCCCCOC(CCC(O)=C1CC1)OCCCCCCCC. The molecule has 1 unspecified atom stereocenters. The molecule has 2 fully saturated rings. The maximum absolute atomic E-state index is 12.7. The molecule has 0 aromatic carbocycles. The molecule has 2 aliphatic rings. The Balaban J connectivity index is 0.000000741. The second-order valence-electron chi connectivity index (χ2n) is 19.2. The van der Waals surface area contributed by atoms with Crippen molar-refractivity contribution >= 4 is 12.1 Å². The molecule has 67 heavy (non-hydrogen) atoms. The van der Waals surface area contributed by atoms with Crippen molar-refractivity contribution in [3.05, 3.63) is 11.3 Å². The third-order valence-electron chi connectivity index (χ3n) is 13.0. The van der Waals surface area contributed by atoms with Gasteiger partial charge >= 0.3 is 12.1 Å². The van der Waals surface area contributed by atoms with Crippen LogP contribution in [0.2, 0.25) is 0 Å². The number of carbonyl (C=O) groups is 2. The number of unbranched alkanes of at least 4 members (excludes halogenated alkanes) is 20. The van der Waals surface area contributed by atoms with Gasteiger partial charge in [0, 0.05) is 58.8 Å². The zero-order valence-corrected chi connectivity index (χ0v) is 44.7. The lowest BCUT2D eigenvalue weighted by atomic mass is 10.1. The van der Waals surface area contributed by atoms with E-state index in [2.05, 4.69) is 46.4 Å². The molecule has 11 heteroatoms. The molecule has 0 bridgehead atoms. The van der Waals surface area contributed by atoms with Gasteiger partial charge in [-0.1, -0.05) is 170 Å². The molecule has 1 heterocycles. The highest BCUT2D eigenvalue weighted by Gasteiger charge is 2.27. The van der Waals surface area contributed by atoms with Crippen molar-refractivity contribution < 1.29 is 43.1 Å². The Labute approximate surface area is 412 Å². The number of rotatable bonds is 45. The lowest BCUT2D eigenvalue weighted by Gasteiger charge is -2.31. The Morgan fingerprint density at radius 2 is 0.985 bits per heavy atom. The topological polar surface area (TPSA) is 116 Å². The van der Waals surface area contributed by atoms with Crippen LogP contribution in [-0.4, -0.2) is 111 Å². The van der Waals surface area contributed by atoms with E-state index >= 15 is 0 Å². The number of likely N-dealkylation sites (tertiary alicyclic amines) is 1. The molecule has 1 amide bonds. The van der Waals surface area contributed by atoms with Crippen molar-refractivity contribution in [1.82, 2.24) is 9.80 Å². The van der Waals surface area contributed by atoms with Crippen molar-refractivity contribution in [3.63, 3.8) is 0 Å². The van der Waals surface area contributed by atoms with E-state index in [4.69, 9.17) is 28.4 Å². The zero-order valence-electron chi connectivity index (χ0n) is 44.7. The van der Waals surface area contributed by atoms with Crippen molar-refractivity contribution in [2.24, 2.45) is 0 Å². The highest BCUT2D eigenvalue weighted by molar-refractivity contribution is 5.70. The summed E-state index contributed by atoms with van der Waals surface area (Å²) in [5, 5.41) is 9.99. The average molecular weight is 953 g/mol. The first-order valence-electron chi connectivity index (χ1n) is 28.5. The van der Waals surface area contributed by atoms with Gasteiger partial charge in [0.05, 0.1) is 25.3 Å². The Bertz CT molecular complexity index is 1110. The summed E-state index contributed by atoms with van der Waals surface area (Å²) < 4.78 is 35.3. The van der Waals surface area contributed by atoms with Crippen LogP contribution in [0.15, 0.2) is 11.3 Å². The van der Waals surface area contributed by atoms with E-state index in [1.807, 2.05) is 0 Å². The number of carbonyl (C=O) groups excluding carboxylic acids is 2. The van der Waals surface area contributed by atoms with Crippen LogP contribution in [0.25, 0.3) is 0 Å². The third kappa shape index (κ3) is 38.5. The number of piperidine rings is 1. The van der Waals surface area contributed by atoms with Gasteiger partial charge in [-0.25, -0.2) is 4.79 Å². The minimum absolute atomic E-state index is 0.150. The number of aliphatic hydroxyl groups excluding tert-OH is 1. The van der Waals surface area contributed by atoms with Gasteiger partial charge in [0.25, 0.3) is 0 Å². The number of ether oxygens (including phenoxy) is 6. The Morgan fingerprint density at radius 3 is 1.40 bits per heavy atom. The Kier molecular flexibility index (Phi) is 43.8. The molecule has 2 rings (SSSR count). The summed E-state index contributed by atoms with van der Waals surface area (Å²) in [7, 11) is 0. The summed E-state index contributed by atoms with van der Waals surface area (Å²) in [6.07, 6.45) is 35.5. The molecular weight excluding hydrogens is 845 g/mol. The highest BCUT2D eigenvalue weighted by atomic mass is 16.7. The van der Waals surface area contributed by atoms with Crippen molar-refractivity contribution in [2.45, 2.75) is 272 Å². The van der Waals surface area contributed by atoms with Crippen LogP contribution < -0.4 is 0 Å². The standard InChI is InChI=1S/C33H64N2O6.C23H44O3/c1-5-9-11-13-15-17-26-38-32(39-27-18-16-14-12-10-6-2)23-22-31(36)41-30-21-19-25-35(29-30)33(37)40-28-20-24-34(7-3)8-4;1-3-5-7-9-11-13-19-25-23(18-17-22(24)21-15-16-21)26-20-14-12-10-8-6-4-2/h30,32H,5-29H2,1-4H3;23-24H,3-20H2,1-2H3. The smallest absolute Gasteiger partial charge is 0.409 e. The van der Waals surface area contributed by atoms with Crippen LogP contribution in [0, 0.1) is 0 Å². The predicted octanol–water partition coefficient (Wildman–Crippen LogP) is 15.2. The first-order valence-corrected chi connectivity index (χ1v) is 28.5. The summed E-state index contributed by atoms with van der Waals surface area (Å²) in [5.41, 5.74) is 1.23. The molecule has 0 aromatic rings.